The van der Waals surface area contributed by atoms with Crippen LogP contribution in [-0.4, -0.2) is 45.7 Å². The zero-order valence-corrected chi connectivity index (χ0v) is 22.9. The predicted molar refractivity (Wildman–Crippen MR) is 151 cm³/mol. The Morgan fingerprint density at radius 2 is 1.93 bits per heavy atom. The number of nitrogens with one attached hydrogen (secondary N) is 3. The van der Waals surface area contributed by atoms with Gasteiger partial charge in [-0.05, 0) is 47.9 Å². The summed E-state index contributed by atoms with van der Waals surface area (Å²) in [5.74, 6) is -1.82. The smallest absolute Gasteiger partial charge is 0.258 e. The summed E-state index contributed by atoms with van der Waals surface area (Å²) >= 11 is 5.92. The van der Waals surface area contributed by atoms with Crippen molar-refractivity contribution in [3.8, 4) is 5.75 Å². The maximum Gasteiger partial charge on any atom is 0.258 e. The van der Waals surface area contributed by atoms with Crippen LogP contribution in [0.3, 0.4) is 0 Å². The zero-order valence-electron chi connectivity index (χ0n) is 22.1. The molecule has 1 aromatic heterocycles. The van der Waals surface area contributed by atoms with E-state index in [9.17, 15) is 18.8 Å². The van der Waals surface area contributed by atoms with E-state index in [-0.39, 0.29) is 36.5 Å². The first-order valence-electron chi connectivity index (χ1n) is 13.0. The molecule has 0 spiro atoms. The molecule has 10 nitrogen and oxygen atoms in total. The van der Waals surface area contributed by atoms with Crippen LogP contribution in [0.1, 0.15) is 34.3 Å². The second-order valence-electron chi connectivity index (χ2n) is 9.91. The van der Waals surface area contributed by atoms with Gasteiger partial charge in [0.15, 0.2) is 0 Å². The molecule has 2 aliphatic heterocycles. The van der Waals surface area contributed by atoms with E-state index in [0.29, 0.717) is 45.0 Å². The van der Waals surface area contributed by atoms with Crippen molar-refractivity contribution in [2.24, 2.45) is 0 Å². The second-order valence-corrected chi connectivity index (χ2v) is 10.3. The molecule has 0 radical (unpaired) electrons. The van der Waals surface area contributed by atoms with E-state index < -0.39 is 35.4 Å². The number of halogens is 3. The number of hydrogen-bond donors (Lipinski definition) is 3. The van der Waals surface area contributed by atoms with Gasteiger partial charge in [-0.15, -0.1) is 0 Å². The molecule has 3 aromatic carbocycles. The standard InChI is InChI=1S/C29H23ClF2N6O4/c1-42-24-10-21-17(27(35-13-34-21)36-16-2-3-19(31)18(30)8-16)9-22(24)33-11-14-6-15-12-38(29(41)26(15)20(32)7-14)23-4-5-25(39)37-28(23)40/h2-3,6-10,13,23,33H,4-5,11-12H2,1H3,(H,34,35,36)(H,37,39,40). The molecule has 214 valence electrons. The fourth-order valence-corrected chi connectivity index (χ4v) is 5.40. The number of fused-ring (bicyclic) bond motifs is 2. The molecule has 3 N–H and O–H groups in total. The van der Waals surface area contributed by atoms with Gasteiger partial charge in [0, 0.05) is 36.7 Å². The molecule has 1 unspecified atom stereocenters. The number of piperidine rings is 1. The Balaban J connectivity index is 1.25. The van der Waals surface area contributed by atoms with Gasteiger partial charge in [-0.2, -0.15) is 0 Å². The summed E-state index contributed by atoms with van der Waals surface area (Å²) in [7, 11) is 1.51. The number of imide groups is 1. The van der Waals surface area contributed by atoms with Crippen LogP contribution in [0.2, 0.25) is 5.02 Å². The first-order valence-corrected chi connectivity index (χ1v) is 13.3. The number of methoxy groups -OCH3 is 1. The van der Waals surface area contributed by atoms with Gasteiger partial charge < -0.3 is 20.3 Å². The molecule has 3 amide bonds. The molecule has 0 aliphatic carbocycles. The Morgan fingerprint density at radius 1 is 1.10 bits per heavy atom. The van der Waals surface area contributed by atoms with Crippen LogP contribution in [0.4, 0.5) is 26.0 Å². The second kappa shape index (κ2) is 10.9. The fraction of sp³-hybridized carbons (Fsp3) is 0.207. The number of amides is 3. The number of rotatable bonds is 7. The molecule has 2 aliphatic rings. The average Bonchev–Trinajstić information content (AvgIpc) is 3.29. The predicted octanol–water partition coefficient (Wildman–Crippen LogP) is 4.69. The molecular weight excluding hydrogens is 570 g/mol. The van der Waals surface area contributed by atoms with Crippen molar-refractivity contribution in [1.29, 1.82) is 0 Å². The van der Waals surface area contributed by atoms with Crippen molar-refractivity contribution in [3.05, 3.63) is 82.1 Å². The van der Waals surface area contributed by atoms with Crippen molar-refractivity contribution < 1.29 is 27.9 Å². The topological polar surface area (TPSA) is 126 Å². The largest absolute Gasteiger partial charge is 0.495 e. The van der Waals surface area contributed by atoms with Gasteiger partial charge in [-0.1, -0.05) is 17.7 Å². The molecule has 3 heterocycles. The van der Waals surface area contributed by atoms with Gasteiger partial charge in [0.25, 0.3) is 5.91 Å². The Labute approximate surface area is 243 Å². The van der Waals surface area contributed by atoms with E-state index in [1.807, 2.05) is 0 Å². The Morgan fingerprint density at radius 3 is 2.69 bits per heavy atom. The highest BCUT2D eigenvalue weighted by Crippen LogP contribution is 2.35. The van der Waals surface area contributed by atoms with E-state index in [1.54, 1.807) is 18.2 Å². The molecule has 0 bridgehead atoms. The molecule has 1 fully saturated rings. The molecule has 4 aromatic rings. The van der Waals surface area contributed by atoms with E-state index >= 15 is 4.39 Å². The lowest BCUT2D eigenvalue weighted by Gasteiger charge is -2.29. The van der Waals surface area contributed by atoms with Gasteiger partial charge in [0.05, 0.1) is 28.9 Å². The molecule has 6 rings (SSSR count). The van der Waals surface area contributed by atoms with Gasteiger partial charge in [-0.25, -0.2) is 18.7 Å². The summed E-state index contributed by atoms with van der Waals surface area (Å²) in [5, 5.41) is 9.21. The van der Waals surface area contributed by atoms with Crippen molar-refractivity contribution in [1.82, 2.24) is 20.2 Å². The Kier molecular flexibility index (Phi) is 7.07. The zero-order chi connectivity index (χ0) is 29.5. The average molecular weight is 593 g/mol. The number of benzene rings is 3. The van der Waals surface area contributed by atoms with Gasteiger partial charge in [-0.3, -0.25) is 19.7 Å². The Bertz CT molecular complexity index is 1790. The van der Waals surface area contributed by atoms with E-state index in [1.165, 1.54) is 42.6 Å². The number of ether oxygens (including phenoxy) is 1. The number of carbonyl (C=O) groups excluding carboxylic acids is 3. The van der Waals surface area contributed by atoms with Crippen molar-refractivity contribution >= 4 is 57.4 Å². The normalized spacial score (nSPS) is 16.4. The van der Waals surface area contributed by atoms with Crippen LogP contribution < -0.4 is 20.7 Å². The summed E-state index contributed by atoms with van der Waals surface area (Å²) in [6.45, 7) is 0.243. The molecule has 42 heavy (non-hydrogen) atoms. The maximum absolute atomic E-state index is 15.2. The Hall–Kier alpha value is -4.84. The van der Waals surface area contributed by atoms with Crippen molar-refractivity contribution in [2.75, 3.05) is 17.7 Å². The minimum Gasteiger partial charge on any atom is -0.495 e. The van der Waals surface area contributed by atoms with E-state index in [4.69, 9.17) is 16.3 Å². The minimum atomic E-state index is -0.832. The summed E-state index contributed by atoms with van der Waals surface area (Å²) in [4.78, 5) is 46.8. The summed E-state index contributed by atoms with van der Waals surface area (Å²) < 4.78 is 34.4. The first kappa shape index (κ1) is 27.3. The highest BCUT2D eigenvalue weighted by atomic mass is 35.5. The van der Waals surface area contributed by atoms with Gasteiger partial charge in [0.2, 0.25) is 11.8 Å². The van der Waals surface area contributed by atoms with Crippen LogP contribution >= 0.6 is 11.6 Å². The third-order valence-corrected chi connectivity index (χ3v) is 7.54. The SMILES string of the molecule is COc1cc2ncnc(Nc3ccc(F)c(Cl)c3)c2cc1NCc1cc(F)c2c(c1)CN(C1CCC(=O)NC1=O)C2=O. The number of hydrogen-bond acceptors (Lipinski definition) is 8. The van der Waals surface area contributed by atoms with Crippen LogP contribution in [0.5, 0.6) is 5.75 Å². The maximum atomic E-state index is 15.2. The minimum absolute atomic E-state index is 0.0362. The molecule has 0 saturated carbocycles. The number of anilines is 3. The number of carbonyl (C=O) groups is 3. The molecule has 1 atom stereocenters. The van der Waals surface area contributed by atoms with Crippen LogP contribution in [0.15, 0.2) is 48.8 Å². The van der Waals surface area contributed by atoms with Crippen molar-refractivity contribution in [2.45, 2.75) is 32.0 Å². The van der Waals surface area contributed by atoms with Crippen molar-refractivity contribution in [3.63, 3.8) is 0 Å². The third kappa shape index (κ3) is 5.05. The highest BCUT2D eigenvalue weighted by Gasteiger charge is 2.40. The highest BCUT2D eigenvalue weighted by molar-refractivity contribution is 6.31. The number of aromatic nitrogens is 2. The third-order valence-electron chi connectivity index (χ3n) is 7.26. The first-order chi connectivity index (χ1) is 20.2. The monoisotopic (exact) mass is 592 g/mol. The summed E-state index contributed by atoms with van der Waals surface area (Å²) in [6, 6.07) is 9.89. The van der Waals surface area contributed by atoms with Gasteiger partial charge >= 0.3 is 0 Å². The quantitative estimate of drug-likeness (QED) is 0.264. The fourth-order valence-electron chi connectivity index (χ4n) is 5.22. The molecule has 13 heteroatoms. The molecular formula is C29H23ClF2N6O4. The van der Waals surface area contributed by atoms with Crippen LogP contribution in [-0.2, 0) is 22.7 Å². The van der Waals surface area contributed by atoms with Crippen LogP contribution in [0.25, 0.3) is 10.9 Å². The lowest BCUT2D eigenvalue weighted by Crippen LogP contribution is -2.52. The number of nitrogens with zero attached hydrogens (tertiary/aromatic N) is 3. The van der Waals surface area contributed by atoms with E-state index in [0.717, 1.165) is 0 Å². The van der Waals surface area contributed by atoms with Gasteiger partial charge in [0.1, 0.15) is 35.6 Å². The van der Waals surface area contributed by atoms with Crippen LogP contribution in [0, 0.1) is 11.6 Å². The summed E-state index contributed by atoms with van der Waals surface area (Å²) in [6.07, 6.45) is 1.69. The van der Waals surface area contributed by atoms with E-state index in [2.05, 4.69) is 25.9 Å². The summed E-state index contributed by atoms with van der Waals surface area (Å²) in [5.41, 5.74) is 2.64. The lowest BCUT2D eigenvalue weighted by molar-refractivity contribution is -0.136. The molecule has 1 saturated heterocycles. The lowest BCUT2D eigenvalue weighted by atomic mass is 10.0.